The molecule has 0 heterocycles. The van der Waals surface area contributed by atoms with Gasteiger partial charge in [-0.05, 0) is 31.5 Å². The summed E-state index contributed by atoms with van der Waals surface area (Å²) in [4.78, 5) is 44.2. The third-order valence-electron chi connectivity index (χ3n) is 3.79. The van der Waals surface area contributed by atoms with E-state index >= 15 is 0 Å². The van der Waals surface area contributed by atoms with E-state index in [1.54, 1.807) is 0 Å². The molecule has 10 nitrogen and oxygen atoms in total. The van der Waals surface area contributed by atoms with Gasteiger partial charge in [0, 0.05) is 11.6 Å². The smallest absolute Gasteiger partial charge is 0.305 e. The maximum Gasteiger partial charge on any atom is 0.305 e. The molecule has 4 N–H and O–H groups in total. The first kappa shape index (κ1) is 18.5. The lowest BCUT2D eigenvalue weighted by molar-refractivity contribution is -0.385. The molecule has 0 aliphatic heterocycles. The second-order valence-electron chi connectivity index (χ2n) is 5.51. The number of hydrogen-bond donors (Lipinski definition) is 2. The Morgan fingerprint density at radius 1 is 0.962 bits per heavy atom. The van der Waals surface area contributed by atoms with Gasteiger partial charge in [-0.2, -0.15) is 0 Å². The normalized spacial score (nSPS) is 10.4. The number of ketones is 2. The van der Waals surface area contributed by atoms with E-state index in [1.807, 2.05) is 0 Å². The Morgan fingerprint density at radius 2 is 1.58 bits per heavy atom. The first-order valence-electron chi connectivity index (χ1n) is 7.23. The lowest BCUT2D eigenvalue weighted by atomic mass is 9.95. The van der Waals surface area contributed by atoms with Crippen molar-refractivity contribution in [3.05, 3.63) is 55.6 Å². The SMILES string of the molecule is CC(=O)c1ccc(-c2cc(N)c(C(C)=O)c([N+](=O)[O-])c2N)cc1[N+](=O)[O-]. The highest BCUT2D eigenvalue weighted by atomic mass is 16.6. The lowest BCUT2D eigenvalue weighted by Gasteiger charge is -2.12. The fourth-order valence-electron chi connectivity index (χ4n) is 2.65. The number of nitro groups is 2. The first-order chi connectivity index (χ1) is 12.1. The van der Waals surface area contributed by atoms with Crippen LogP contribution in [0, 0.1) is 20.2 Å². The molecule has 0 amide bonds. The Kier molecular flexibility index (Phi) is 4.69. The minimum absolute atomic E-state index is 0.0532. The van der Waals surface area contributed by atoms with E-state index < -0.39 is 32.8 Å². The largest absolute Gasteiger partial charge is 0.398 e. The number of benzene rings is 2. The molecular formula is C16H14N4O6. The predicted molar refractivity (Wildman–Crippen MR) is 94.0 cm³/mol. The average molecular weight is 358 g/mol. The molecule has 0 radical (unpaired) electrons. The number of Topliss-reactive ketones (excluding diaryl/α,β-unsaturated/α-hetero) is 2. The zero-order chi connectivity index (χ0) is 19.8. The van der Waals surface area contributed by atoms with Gasteiger partial charge in [-0.15, -0.1) is 0 Å². The highest BCUT2D eigenvalue weighted by Gasteiger charge is 2.28. The zero-order valence-corrected chi connectivity index (χ0v) is 13.8. The fourth-order valence-corrected chi connectivity index (χ4v) is 2.65. The summed E-state index contributed by atoms with van der Waals surface area (Å²) in [6.07, 6.45) is 0. The van der Waals surface area contributed by atoms with E-state index in [9.17, 15) is 29.8 Å². The summed E-state index contributed by atoms with van der Waals surface area (Å²) in [6, 6.07) is 4.92. The summed E-state index contributed by atoms with van der Waals surface area (Å²) in [5.74, 6) is -1.14. The van der Waals surface area contributed by atoms with Crippen LogP contribution in [-0.4, -0.2) is 21.4 Å². The van der Waals surface area contributed by atoms with Crippen LogP contribution in [0.3, 0.4) is 0 Å². The Morgan fingerprint density at radius 3 is 2.04 bits per heavy atom. The molecular weight excluding hydrogens is 344 g/mol. The maximum atomic E-state index is 11.7. The van der Waals surface area contributed by atoms with Crippen molar-refractivity contribution in [2.75, 3.05) is 11.5 Å². The van der Waals surface area contributed by atoms with Gasteiger partial charge < -0.3 is 11.5 Å². The minimum Gasteiger partial charge on any atom is -0.398 e. The van der Waals surface area contributed by atoms with E-state index in [4.69, 9.17) is 11.5 Å². The highest BCUT2D eigenvalue weighted by Crippen LogP contribution is 2.41. The van der Waals surface area contributed by atoms with Crippen molar-refractivity contribution in [2.45, 2.75) is 13.8 Å². The van der Waals surface area contributed by atoms with Crippen LogP contribution < -0.4 is 11.5 Å². The number of rotatable bonds is 5. The molecule has 0 unspecified atom stereocenters. The molecule has 0 aromatic heterocycles. The fraction of sp³-hybridized carbons (Fsp3) is 0.125. The minimum atomic E-state index is -0.829. The number of carbonyl (C=O) groups excluding carboxylic acids is 2. The summed E-state index contributed by atoms with van der Waals surface area (Å²) in [5.41, 5.74) is 9.76. The van der Waals surface area contributed by atoms with Crippen LogP contribution in [0.1, 0.15) is 34.6 Å². The van der Waals surface area contributed by atoms with Gasteiger partial charge in [0.05, 0.1) is 21.1 Å². The molecule has 134 valence electrons. The van der Waals surface area contributed by atoms with Crippen LogP contribution in [0.15, 0.2) is 24.3 Å². The third-order valence-corrected chi connectivity index (χ3v) is 3.79. The number of hydrogen-bond acceptors (Lipinski definition) is 8. The maximum absolute atomic E-state index is 11.7. The van der Waals surface area contributed by atoms with Crippen LogP contribution in [0.5, 0.6) is 0 Å². The first-order valence-corrected chi connectivity index (χ1v) is 7.23. The molecule has 0 aliphatic carbocycles. The van der Waals surface area contributed by atoms with Gasteiger partial charge in [0.25, 0.3) is 5.69 Å². The van der Waals surface area contributed by atoms with Crippen LogP contribution in [0.4, 0.5) is 22.7 Å². The van der Waals surface area contributed by atoms with Crippen molar-refractivity contribution in [3.63, 3.8) is 0 Å². The molecule has 0 spiro atoms. The molecule has 10 heteroatoms. The van der Waals surface area contributed by atoms with Crippen LogP contribution in [0.2, 0.25) is 0 Å². The van der Waals surface area contributed by atoms with Gasteiger partial charge in [-0.25, -0.2) is 0 Å². The number of nitrogens with zero attached hydrogens (tertiary/aromatic N) is 2. The highest BCUT2D eigenvalue weighted by molar-refractivity contribution is 6.08. The standard InChI is InChI=1S/C16H14N4O6/c1-7(21)10-4-3-9(5-13(10)19(23)24)11-6-12(17)14(8(2)22)16(15(11)18)20(25)26/h3-6H,17-18H2,1-2H3. The molecule has 0 aliphatic rings. The van der Waals surface area contributed by atoms with Crippen molar-refractivity contribution in [1.82, 2.24) is 0 Å². The summed E-state index contributed by atoms with van der Waals surface area (Å²) in [5, 5.41) is 22.6. The van der Waals surface area contributed by atoms with E-state index in [-0.39, 0.29) is 33.6 Å². The van der Waals surface area contributed by atoms with E-state index in [2.05, 4.69) is 0 Å². The van der Waals surface area contributed by atoms with Gasteiger partial charge in [-0.1, -0.05) is 6.07 Å². The van der Waals surface area contributed by atoms with E-state index in [0.717, 1.165) is 13.0 Å². The van der Waals surface area contributed by atoms with Crippen molar-refractivity contribution >= 4 is 34.3 Å². The molecule has 0 bridgehead atoms. The number of carbonyl (C=O) groups is 2. The quantitative estimate of drug-likeness (QED) is 0.355. The monoisotopic (exact) mass is 358 g/mol. The van der Waals surface area contributed by atoms with E-state index in [0.29, 0.717) is 0 Å². The molecule has 26 heavy (non-hydrogen) atoms. The molecule has 2 aromatic carbocycles. The second kappa shape index (κ2) is 6.59. The molecule has 0 fully saturated rings. The van der Waals surface area contributed by atoms with Crippen LogP contribution in [0.25, 0.3) is 11.1 Å². The van der Waals surface area contributed by atoms with Crippen molar-refractivity contribution < 1.29 is 19.4 Å². The summed E-state index contributed by atoms with van der Waals surface area (Å²) in [7, 11) is 0. The lowest BCUT2D eigenvalue weighted by Crippen LogP contribution is -2.09. The predicted octanol–water partition coefficient (Wildman–Crippen LogP) is 2.74. The van der Waals surface area contributed by atoms with Gasteiger partial charge in [0.15, 0.2) is 11.6 Å². The second-order valence-corrected chi connectivity index (χ2v) is 5.51. The van der Waals surface area contributed by atoms with Crippen molar-refractivity contribution in [1.29, 1.82) is 0 Å². The number of nitro benzene ring substituents is 2. The average Bonchev–Trinajstić information content (AvgIpc) is 2.54. The summed E-state index contributed by atoms with van der Waals surface area (Å²) >= 11 is 0. The Bertz CT molecular complexity index is 983. The van der Waals surface area contributed by atoms with Gasteiger partial charge in [-0.3, -0.25) is 29.8 Å². The van der Waals surface area contributed by atoms with Gasteiger partial charge in [0.1, 0.15) is 11.3 Å². The van der Waals surface area contributed by atoms with Gasteiger partial charge >= 0.3 is 5.69 Å². The molecule has 0 atom stereocenters. The number of nitrogens with two attached hydrogens (primary N) is 2. The number of anilines is 2. The molecule has 2 aromatic rings. The van der Waals surface area contributed by atoms with Crippen LogP contribution >= 0.6 is 0 Å². The third kappa shape index (κ3) is 3.07. The van der Waals surface area contributed by atoms with Gasteiger partial charge in [0.2, 0.25) is 0 Å². The summed E-state index contributed by atoms with van der Waals surface area (Å²) in [6.45, 7) is 2.30. The molecule has 0 saturated carbocycles. The molecule has 2 rings (SSSR count). The Hall–Kier alpha value is -3.82. The van der Waals surface area contributed by atoms with Crippen molar-refractivity contribution in [3.8, 4) is 11.1 Å². The Balaban J connectivity index is 2.84. The van der Waals surface area contributed by atoms with E-state index in [1.165, 1.54) is 25.1 Å². The Labute approximate surface area is 146 Å². The molecule has 0 saturated heterocycles. The zero-order valence-electron chi connectivity index (χ0n) is 13.8. The topological polar surface area (TPSA) is 172 Å². The number of nitrogen functional groups attached to an aromatic ring is 2. The van der Waals surface area contributed by atoms with Crippen molar-refractivity contribution in [2.24, 2.45) is 0 Å². The summed E-state index contributed by atoms with van der Waals surface area (Å²) < 4.78 is 0. The van der Waals surface area contributed by atoms with Crippen LogP contribution in [-0.2, 0) is 0 Å².